The van der Waals surface area contributed by atoms with E-state index in [1.54, 1.807) is 0 Å². The molecule has 0 bridgehead atoms. The summed E-state index contributed by atoms with van der Waals surface area (Å²) in [6.45, 7) is 0.989. The molecule has 1 aromatic rings. The summed E-state index contributed by atoms with van der Waals surface area (Å²) in [4.78, 5) is 23.2. The number of alkyl halides is 3. The largest absolute Gasteiger partial charge is 0.460 e. The van der Waals surface area contributed by atoms with Gasteiger partial charge >= 0.3 is 12.1 Å². The fourth-order valence-electron chi connectivity index (χ4n) is 1.73. The van der Waals surface area contributed by atoms with Crippen molar-refractivity contribution in [2.24, 2.45) is 0 Å². The Kier molecular flexibility index (Phi) is 3.56. The highest BCUT2D eigenvalue weighted by Crippen LogP contribution is 2.43. The number of ether oxygens (including phenoxy) is 3. The summed E-state index contributed by atoms with van der Waals surface area (Å²) in [5.41, 5.74) is -2.15. The number of ketones is 1. The van der Waals surface area contributed by atoms with E-state index in [1.165, 1.54) is 6.92 Å². The van der Waals surface area contributed by atoms with Gasteiger partial charge in [0.2, 0.25) is 6.79 Å². The van der Waals surface area contributed by atoms with E-state index < -0.39 is 34.8 Å². The monoisotopic (exact) mass is 290 g/mol. The molecule has 0 atom stereocenters. The predicted octanol–water partition coefficient (Wildman–Crippen LogP) is 2.18. The van der Waals surface area contributed by atoms with Gasteiger partial charge in [-0.1, -0.05) is 0 Å². The van der Waals surface area contributed by atoms with E-state index in [-0.39, 0.29) is 19.1 Å². The lowest BCUT2D eigenvalue weighted by Crippen LogP contribution is -2.22. The van der Waals surface area contributed by atoms with E-state index >= 15 is 0 Å². The fourth-order valence-corrected chi connectivity index (χ4v) is 1.73. The molecule has 0 aliphatic carbocycles. The number of halogens is 3. The van der Waals surface area contributed by atoms with Gasteiger partial charge in [-0.15, -0.1) is 0 Å². The fraction of sp³-hybridized carbons (Fsp3) is 0.333. The van der Waals surface area contributed by atoms with Gasteiger partial charge in [0.25, 0.3) is 5.78 Å². The summed E-state index contributed by atoms with van der Waals surface area (Å²) in [7, 11) is 0. The summed E-state index contributed by atoms with van der Waals surface area (Å²) >= 11 is 0. The zero-order valence-electron chi connectivity index (χ0n) is 10.2. The minimum absolute atomic E-state index is 0.0225. The van der Waals surface area contributed by atoms with Gasteiger partial charge in [-0.05, 0) is 19.1 Å². The van der Waals surface area contributed by atoms with Crippen molar-refractivity contribution in [1.82, 2.24) is 0 Å². The van der Waals surface area contributed by atoms with Crippen molar-refractivity contribution >= 4 is 11.8 Å². The van der Waals surface area contributed by atoms with E-state index in [9.17, 15) is 22.8 Å². The highest BCUT2D eigenvalue weighted by molar-refractivity contribution is 6.41. The highest BCUT2D eigenvalue weighted by Gasteiger charge is 2.41. The predicted molar refractivity (Wildman–Crippen MR) is 58.5 cm³/mol. The highest BCUT2D eigenvalue weighted by atomic mass is 19.4. The zero-order chi connectivity index (χ0) is 14.9. The molecule has 0 saturated heterocycles. The van der Waals surface area contributed by atoms with Crippen molar-refractivity contribution in [3.05, 3.63) is 23.3 Å². The van der Waals surface area contributed by atoms with Gasteiger partial charge < -0.3 is 14.2 Å². The molecule has 1 aliphatic heterocycles. The normalized spacial score (nSPS) is 13.2. The maximum Gasteiger partial charge on any atom is 0.417 e. The Morgan fingerprint density at radius 1 is 1.30 bits per heavy atom. The van der Waals surface area contributed by atoms with Gasteiger partial charge in [0.15, 0.2) is 11.5 Å². The van der Waals surface area contributed by atoms with Crippen LogP contribution in [0.1, 0.15) is 22.8 Å². The van der Waals surface area contributed by atoms with E-state index in [0.717, 1.165) is 6.07 Å². The molecule has 2 rings (SSSR count). The van der Waals surface area contributed by atoms with Crippen LogP contribution in [0.3, 0.4) is 0 Å². The summed E-state index contributed by atoms with van der Waals surface area (Å²) < 4.78 is 53.0. The molecule has 0 saturated carbocycles. The van der Waals surface area contributed by atoms with E-state index in [1.807, 2.05) is 0 Å². The first-order valence-electron chi connectivity index (χ1n) is 5.57. The average Bonchev–Trinajstić information content (AvgIpc) is 2.83. The molecule has 5 nitrogen and oxygen atoms in total. The molecule has 8 heteroatoms. The first kappa shape index (κ1) is 14.2. The molecule has 0 N–H and O–H groups in total. The van der Waals surface area contributed by atoms with Crippen LogP contribution < -0.4 is 9.47 Å². The minimum atomic E-state index is -4.81. The van der Waals surface area contributed by atoms with Crippen LogP contribution in [0.2, 0.25) is 0 Å². The number of fused-ring (bicyclic) bond motifs is 1. The number of hydrogen-bond acceptors (Lipinski definition) is 5. The first-order chi connectivity index (χ1) is 9.36. The number of carbonyl (C=O) groups excluding carboxylic acids is 2. The average molecular weight is 290 g/mol. The lowest BCUT2D eigenvalue weighted by Gasteiger charge is -2.13. The van der Waals surface area contributed by atoms with Gasteiger partial charge in [-0.3, -0.25) is 4.79 Å². The summed E-state index contributed by atoms with van der Waals surface area (Å²) in [5.74, 6) is -3.20. The molecule has 0 radical (unpaired) electrons. The molecule has 1 aliphatic rings. The van der Waals surface area contributed by atoms with Gasteiger partial charge in [-0.25, -0.2) is 4.79 Å². The first-order valence-corrected chi connectivity index (χ1v) is 5.57. The van der Waals surface area contributed by atoms with Crippen LogP contribution in [0.15, 0.2) is 12.1 Å². The Balaban J connectivity index is 2.57. The summed E-state index contributed by atoms with van der Waals surface area (Å²) in [6.07, 6.45) is -4.81. The molecule has 0 fully saturated rings. The molecule has 0 unspecified atom stereocenters. The second-order valence-electron chi connectivity index (χ2n) is 3.77. The minimum Gasteiger partial charge on any atom is -0.460 e. The molecule has 1 heterocycles. The summed E-state index contributed by atoms with van der Waals surface area (Å²) in [5, 5.41) is 0. The zero-order valence-corrected chi connectivity index (χ0v) is 10.2. The van der Waals surface area contributed by atoms with Crippen molar-refractivity contribution in [2.45, 2.75) is 13.1 Å². The SMILES string of the molecule is CCOC(=O)C(=O)c1c(C(F)(F)F)ccc2c1OCO2. The van der Waals surface area contributed by atoms with E-state index in [4.69, 9.17) is 9.47 Å². The Morgan fingerprint density at radius 3 is 2.60 bits per heavy atom. The third-order valence-corrected chi connectivity index (χ3v) is 2.53. The third kappa shape index (κ3) is 2.40. The number of benzene rings is 1. The molecule has 108 valence electrons. The second kappa shape index (κ2) is 5.03. The van der Waals surface area contributed by atoms with E-state index in [2.05, 4.69) is 4.74 Å². The van der Waals surface area contributed by atoms with Crippen LogP contribution in [0.5, 0.6) is 11.5 Å². The van der Waals surface area contributed by atoms with Crippen LogP contribution in [0, 0.1) is 0 Å². The van der Waals surface area contributed by atoms with Crippen LogP contribution in [-0.4, -0.2) is 25.2 Å². The quantitative estimate of drug-likeness (QED) is 0.485. The van der Waals surface area contributed by atoms with Crippen LogP contribution in [-0.2, 0) is 15.7 Å². The standard InChI is InChI=1S/C12H9F3O5/c1-2-18-11(17)9(16)8-6(12(13,14)15)3-4-7-10(8)20-5-19-7/h3-4H,2,5H2,1H3. The smallest absolute Gasteiger partial charge is 0.417 e. The van der Waals surface area contributed by atoms with Gasteiger partial charge in [-0.2, -0.15) is 13.2 Å². The molecule has 20 heavy (non-hydrogen) atoms. The van der Waals surface area contributed by atoms with Crippen LogP contribution >= 0.6 is 0 Å². The number of hydrogen-bond donors (Lipinski definition) is 0. The maximum atomic E-state index is 12.9. The number of carbonyl (C=O) groups is 2. The maximum absolute atomic E-state index is 12.9. The van der Waals surface area contributed by atoms with Crippen molar-refractivity contribution < 1.29 is 37.0 Å². The molecular formula is C12H9F3O5. The van der Waals surface area contributed by atoms with Crippen LogP contribution in [0.4, 0.5) is 13.2 Å². The number of esters is 1. The van der Waals surface area contributed by atoms with E-state index in [0.29, 0.717) is 6.07 Å². The lowest BCUT2D eigenvalue weighted by atomic mass is 10.0. The molecule has 0 aromatic heterocycles. The van der Waals surface area contributed by atoms with Crippen LogP contribution in [0.25, 0.3) is 0 Å². The van der Waals surface area contributed by atoms with Gasteiger partial charge in [0.05, 0.1) is 17.7 Å². The Labute approximate surface area is 111 Å². The molecule has 0 spiro atoms. The topological polar surface area (TPSA) is 61.8 Å². The lowest BCUT2D eigenvalue weighted by molar-refractivity contribution is -0.139. The molecule has 0 amide bonds. The van der Waals surface area contributed by atoms with Crippen molar-refractivity contribution in [2.75, 3.05) is 13.4 Å². The second-order valence-corrected chi connectivity index (χ2v) is 3.77. The van der Waals surface area contributed by atoms with Crippen molar-refractivity contribution in [3.8, 4) is 11.5 Å². The van der Waals surface area contributed by atoms with Crippen molar-refractivity contribution in [1.29, 1.82) is 0 Å². The summed E-state index contributed by atoms with van der Waals surface area (Å²) in [6, 6.07) is 1.70. The number of rotatable bonds is 3. The molecular weight excluding hydrogens is 281 g/mol. The molecule has 1 aromatic carbocycles. The van der Waals surface area contributed by atoms with Crippen molar-refractivity contribution in [3.63, 3.8) is 0 Å². The van der Waals surface area contributed by atoms with Gasteiger partial charge in [0, 0.05) is 0 Å². The Morgan fingerprint density at radius 2 is 2.00 bits per heavy atom. The number of Topliss-reactive ketones (excluding diaryl/α,β-unsaturated/α-hetero) is 1. The Hall–Kier alpha value is -2.25. The Bertz CT molecular complexity index is 565. The third-order valence-electron chi connectivity index (χ3n) is 2.53. The van der Waals surface area contributed by atoms with Gasteiger partial charge in [0.1, 0.15) is 0 Å².